The lowest BCUT2D eigenvalue weighted by atomic mass is 10.0. The monoisotopic (exact) mass is 304 g/mol. The van der Waals surface area contributed by atoms with Gasteiger partial charge in [0.2, 0.25) is 5.91 Å². The van der Waals surface area contributed by atoms with Gasteiger partial charge in [-0.25, -0.2) is 0 Å². The summed E-state index contributed by atoms with van der Waals surface area (Å²) in [5.41, 5.74) is -0.515. The number of nitrogens with one attached hydrogen (secondary N) is 2. The molecule has 90 valence electrons. The van der Waals surface area contributed by atoms with Gasteiger partial charge in [0.15, 0.2) is 0 Å². The average Bonchev–Trinajstić information content (AvgIpc) is 2.60. The summed E-state index contributed by atoms with van der Waals surface area (Å²) < 4.78 is 1.05. The van der Waals surface area contributed by atoms with Crippen molar-refractivity contribution in [3.8, 4) is 0 Å². The quantitative estimate of drug-likeness (QED) is 0.877. The predicted octanol–water partition coefficient (Wildman–Crippen LogP) is 2.51. The van der Waals surface area contributed by atoms with Gasteiger partial charge in [0.1, 0.15) is 0 Å². The van der Waals surface area contributed by atoms with E-state index >= 15 is 0 Å². The zero-order valence-electron chi connectivity index (χ0n) is 9.76. The number of carbonyl (C=O) groups excluding carboxylic acids is 1. The molecule has 0 saturated carbocycles. The number of thiophene rings is 1. The molecule has 1 amide bonds. The fourth-order valence-corrected chi connectivity index (χ4v) is 2.79. The molecule has 1 aromatic rings. The number of likely N-dealkylation sites (N-methyl/N-ethyl adjacent to an activating group) is 1. The average molecular weight is 305 g/mol. The van der Waals surface area contributed by atoms with Gasteiger partial charge in [0.05, 0.1) is 12.1 Å². The Morgan fingerprint density at radius 3 is 2.75 bits per heavy atom. The summed E-state index contributed by atoms with van der Waals surface area (Å²) in [5, 5.41) is 8.08. The van der Waals surface area contributed by atoms with E-state index in [2.05, 4.69) is 26.6 Å². The zero-order valence-corrected chi connectivity index (χ0v) is 12.2. The summed E-state index contributed by atoms with van der Waals surface area (Å²) in [7, 11) is 0. The molecule has 0 spiro atoms. The van der Waals surface area contributed by atoms with Crippen LogP contribution in [-0.2, 0) is 11.3 Å². The molecule has 0 aromatic carbocycles. The van der Waals surface area contributed by atoms with Crippen molar-refractivity contribution in [1.29, 1.82) is 0 Å². The zero-order chi connectivity index (χ0) is 12.2. The van der Waals surface area contributed by atoms with Gasteiger partial charge in [-0.1, -0.05) is 6.92 Å². The first-order chi connectivity index (χ1) is 7.47. The Kier molecular flexibility index (Phi) is 4.95. The van der Waals surface area contributed by atoms with E-state index in [1.165, 1.54) is 0 Å². The number of rotatable bonds is 5. The number of amides is 1. The Morgan fingerprint density at radius 1 is 1.56 bits per heavy atom. The Hall–Kier alpha value is -0.390. The van der Waals surface area contributed by atoms with Crippen molar-refractivity contribution in [3.05, 3.63) is 20.8 Å². The lowest BCUT2D eigenvalue weighted by Gasteiger charge is -2.24. The molecule has 16 heavy (non-hydrogen) atoms. The molecular weight excluding hydrogens is 288 g/mol. The highest BCUT2D eigenvalue weighted by molar-refractivity contribution is 9.10. The van der Waals surface area contributed by atoms with Crippen molar-refractivity contribution in [2.75, 3.05) is 6.54 Å². The third-order valence-corrected chi connectivity index (χ3v) is 4.21. The summed E-state index contributed by atoms with van der Waals surface area (Å²) in [5.74, 6) is 0.0228. The smallest absolute Gasteiger partial charge is 0.240 e. The van der Waals surface area contributed by atoms with Crippen molar-refractivity contribution in [1.82, 2.24) is 10.6 Å². The highest BCUT2D eigenvalue weighted by Gasteiger charge is 2.25. The molecule has 2 N–H and O–H groups in total. The Morgan fingerprint density at radius 2 is 2.25 bits per heavy atom. The van der Waals surface area contributed by atoms with Crippen LogP contribution in [0.5, 0.6) is 0 Å². The normalized spacial score (nSPS) is 11.5. The number of hydrogen-bond acceptors (Lipinski definition) is 3. The summed E-state index contributed by atoms with van der Waals surface area (Å²) in [6, 6.07) is 1.99. The van der Waals surface area contributed by atoms with Crippen molar-refractivity contribution in [2.24, 2.45) is 0 Å². The summed E-state index contributed by atoms with van der Waals surface area (Å²) in [6.45, 7) is 7.12. The van der Waals surface area contributed by atoms with Crippen LogP contribution < -0.4 is 10.6 Å². The second-order valence-corrected chi connectivity index (χ2v) is 5.88. The molecule has 0 atom stereocenters. The molecule has 0 aliphatic heterocycles. The Bertz CT molecular complexity index is 363. The van der Waals surface area contributed by atoms with Crippen molar-refractivity contribution >= 4 is 33.2 Å². The van der Waals surface area contributed by atoms with E-state index in [1.54, 1.807) is 11.3 Å². The SMILES string of the molecule is CCNC(C)(C)C(=O)NCc1sccc1Br. The van der Waals surface area contributed by atoms with Gasteiger partial charge in [0.25, 0.3) is 0 Å². The summed E-state index contributed by atoms with van der Waals surface area (Å²) in [4.78, 5) is 13.0. The molecular formula is C11H17BrN2OS. The fraction of sp³-hybridized carbons (Fsp3) is 0.545. The molecule has 0 aliphatic rings. The lowest BCUT2D eigenvalue weighted by Crippen LogP contribution is -2.52. The van der Waals surface area contributed by atoms with Crippen LogP contribution in [0.3, 0.4) is 0 Å². The molecule has 5 heteroatoms. The Labute approximate surface area is 109 Å². The van der Waals surface area contributed by atoms with Gasteiger partial charge >= 0.3 is 0 Å². The minimum Gasteiger partial charge on any atom is -0.350 e. The highest BCUT2D eigenvalue weighted by atomic mass is 79.9. The first-order valence-electron chi connectivity index (χ1n) is 5.22. The van der Waals surface area contributed by atoms with E-state index in [0.717, 1.165) is 15.9 Å². The number of hydrogen-bond donors (Lipinski definition) is 2. The molecule has 0 radical (unpaired) electrons. The van der Waals surface area contributed by atoms with E-state index in [0.29, 0.717) is 6.54 Å². The van der Waals surface area contributed by atoms with Crippen LogP contribution in [0.25, 0.3) is 0 Å². The third-order valence-electron chi connectivity index (χ3n) is 2.29. The molecule has 1 aromatic heterocycles. The standard InChI is InChI=1S/C11H17BrN2OS/c1-4-14-11(2,3)10(15)13-7-9-8(12)5-6-16-9/h5-6,14H,4,7H2,1-3H3,(H,13,15). The highest BCUT2D eigenvalue weighted by Crippen LogP contribution is 2.22. The van der Waals surface area contributed by atoms with Crippen molar-refractivity contribution < 1.29 is 4.79 Å². The first-order valence-corrected chi connectivity index (χ1v) is 6.90. The van der Waals surface area contributed by atoms with Crippen LogP contribution in [-0.4, -0.2) is 18.0 Å². The molecule has 0 saturated heterocycles. The van der Waals surface area contributed by atoms with Crippen LogP contribution in [0.4, 0.5) is 0 Å². The molecule has 0 aliphatic carbocycles. The summed E-state index contributed by atoms with van der Waals surface area (Å²) in [6.07, 6.45) is 0. The van der Waals surface area contributed by atoms with Gasteiger partial charge in [0, 0.05) is 9.35 Å². The molecule has 0 unspecified atom stereocenters. The number of carbonyl (C=O) groups is 1. The first kappa shape index (κ1) is 13.7. The second-order valence-electron chi connectivity index (χ2n) is 4.03. The van der Waals surface area contributed by atoms with Crippen LogP contribution in [0.2, 0.25) is 0 Å². The van der Waals surface area contributed by atoms with E-state index in [1.807, 2.05) is 32.2 Å². The maximum Gasteiger partial charge on any atom is 0.240 e. The minimum absolute atomic E-state index is 0.0228. The van der Waals surface area contributed by atoms with Gasteiger partial charge in [-0.2, -0.15) is 0 Å². The molecule has 0 bridgehead atoms. The van der Waals surface area contributed by atoms with Crippen LogP contribution in [0.15, 0.2) is 15.9 Å². The van der Waals surface area contributed by atoms with Crippen LogP contribution in [0.1, 0.15) is 25.6 Å². The minimum atomic E-state index is -0.515. The largest absolute Gasteiger partial charge is 0.350 e. The molecule has 1 heterocycles. The van der Waals surface area contributed by atoms with E-state index in [9.17, 15) is 4.79 Å². The van der Waals surface area contributed by atoms with Crippen molar-refractivity contribution in [3.63, 3.8) is 0 Å². The van der Waals surface area contributed by atoms with Gasteiger partial charge in [-0.15, -0.1) is 11.3 Å². The lowest BCUT2D eigenvalue weighted by molar-refractivity contribution is -0.126. The third kappa shape index (κ3) is 3.57. The topological polar surface area (TPSA) is 41.1 Å². The maximum atomic E-state index is 11.9. The van der Waals surface area contributed by atoms with Gasteiger partial charge < -0.3 is 10.6 Å². The van der Waals surface area contributed by atoms with Crippen molar-refractivity contribution in [2.45, 2.75) is 32.9 Å². The van der Waals surface area contributed by atoms with E-state index in [-0.39, 0.29) is 5.91 Å². The second kappa shape index (κ2) is 5.80. The summed E-state index contributed by atoms with van der Waals surface area (Å²) >= 11 is 5.07. The molecule has 3 nitrogen and oxygen atoms in total. The predicted molar refractivity (Wildman–Crippen MR) is 71.6 cm³/mol. The van der Waals surface area contributed by atoms with Crippen LogP contribution in [0, 0.1) is 0 Å². The number of halogens is 1. The maximum absolute atomic E-state index is 11.9. The molecule has 0 fully saturated rings. The van der Waals surface area contributed by atoms with Gasteiger partial charge in [-0.3, -0.25) is 4.79 Å². The van der Waals surface area contributed by atoms with Gasteiger partial charge in [-0.05, 0) is 47.8 Å². The van der Waals surface area contributed by atoms with E-state index in [4.69, 9.17) is 0 Å². The molecule has 1 rings (SSSR count). The van der Waals surface area contributed by atoms with Crippen LogP contribution >= 0.6 is 27.3 Å². The Balaban J connectivity index is 2.50. The fourth-order valence-electron chi connectivity index (χ4n) is 1.35. The van der Waals surface area contributed by atoms with E-state index < -0.39 is 5.54 Å².